The Morgan fingerprint density at radius 3 is 2.77 bits per heavy atom. The highest BCUT2D eigenvalue weighted by Crippen LogP contribution is 2.31. The molecule has 0 spiro atoms. The van der Waals surface area contributed by atoms with Crippen LogP contribution in [0.2, 0.25) is 0 Å². The molecule has 0 saturated heterocycles. The van der Waals surface area contributed by atoms with Crippen molar-refractivity contribution in [3.05, 3.63) is 76.1 Å². The molecule has 0 fully saturated rings. The Kier molecular flexibility index (Phi) is 4.44. The van der Waals surface area contributed by atoms with Crippen LogP contribution in [0, 0.1) is 0 Å². The van der Waals surface area contributed by atoms with E-state index in [9.17, 15) is 9.90 Å². The Hall–Kier alpha value is -2.70. The molecule has 26 heavy (non-hydrogen) atoms. The zero-order valence-corrected chi connectivity index (χ0v) is 15.8. The van der Waals surface area contributed by atoms with Crippen LogP contribution in [0.25, 0.3) is 22.0 Å². The van der Waals surface area contributed by atoms with Gasteiger partial charge in [-0.1, -0.05) is 58.4 Å². The van der Waals surface area contributed by atoms with Crippen LogP contribution in [0.5, 0.6) is 5.75 Å². The van der Waals surface area contributed by atoms with E-state index >= 15 is 0 Å². The molecule has 3 aromatic carbocycles. The summed E-state index contributed by atoms with van der Waals surface area (Å²) < 4.78 is 0.719. The molecule has 4 rings (SSSR count). The average molecular weight is 425 g/mol. The molecule has 1 heterocycles. The van der Waals surface area contributed by atoms with Crippen molar-refractivity contribution in [2.75, 3.05) is 5.32 Å². The monoisotopic (exact) mass is 424 g/mol. The molecule has 1 aromatic heterocycles. The molecule has 4 nitrogen and oxygen atoms in total. The number of thiazole rings is 1. The summed E-state index contributed by atoms with van der Waals surface area (Å²) in [6.45, 7) is 0. The normalized spacial score (nSPS) is 10.8. The van der Waals surface area contributed by atoms with Crippen LogP contribution in [-0.2, 0) is 0 Å². The third-order valence-corrected chi connectivity index (χ3v) is 5.24. The first-order chi connectivity index (χ1) is 12.6. The minimum Gasteiger partial charge on any atom is -0.507 e. The molecule has 0 aliphatic rings. The van der Waals surface area contributed by atoms with Crippen molar-refractivity contribution in [3.8, 4) is 17.0 Å². The number of carbonyl (C=O) groups is 1. The number of nitrogens with zero attached hydrogens (tertiary/aromatic N) is 1. The minimum absolute atomic E-state index is 0.0727. The van der Waals surface area contributed by atoms with E-state index in [2.05, 4.69) is 44.4 Å². The second kappa shape index (κ2) is 6.90. The maximum Gasteiger partial charge on any atom is 0.261 e. The third-order valence-electron chi connectivity index (χ3n) is 3.99. The van der Waals surface area contributed by atoms with Crippen molar-refractivity contribution < 1.29 is 9.90 Å². The molecule has 0 aliphatic heterocycles. The maximum absolute atomic E-state index is 12.4. The van der Waals surface area contributed by atoms with Gasteiger partial charge in [-0.25, -0.2) is 4.98 Å². The van der Waals surface area contributed by atoms with Gasteiger partial charge < -0.3 is 5.11 Å². The molecule has 0 saturated carbocycles. The van der Waals surface area contributed by atoms with Gasteiger partial charge in [-0.15, -0.1) is 11.3 Å². The van der Waals surface area contributed by atoms with Crippen LogP contribution >= 0.6 is 27.3 Å². The highest BCUT2D eigenvalue weighted by molar-refractivity contribution is 9.10. The number of fused-ring (bicyclic) bond motifs is 1. The van der Waals surface area contributed by atoms with Crippen LogP contribution in [0.1, 0.15) is 10.4 Å². The Bertz CT molecular complexity index is 1120. The Labute approximate surface area is 162 Å². The molecule has 0 unspecified atom stereocenters. The number of phenols is 1. The number of nitrogens with one attached hydrogen (secondary N) is 1. The zero-order valence-electron chi connectivity index (χ0n) is 13.4. The summed E-state index contributed by atoms with van der Waals surface area (Å²) >= 11 is 4.65. The van der Waals surface area contributed by atoms with Gasteiger partial charge in [-0.2, -0.15) is 0 Å². The molecule has 2 N–H and O–H groups in total. The molecule has 1 amide bonds. The van der Waals surface area contributed by atoms with Gasteiger partial charge in [0.15, 0.2) is 5.13 Å². The second-order valence-electron chi connectivity index (χ2n) is 5.68. The Balaban J connectivity index is 1.64. The predicted molar refractivity (Wildman–Crippen MR) is 109 cm³/mol. The fourth-order valence-corrected chi connectivity index (χ4v) is 3.82. The quantitative estimate of drug-likeness (QED) is 0.444. The van der Waals surface area contributed by atoms with Crippen molar-refractivity contribution in [3.63, 3.8) is 0 Å². The molecule has 0 radical (unpaired) electrons. The van der Waals surface area contributed by atoms with Crippen molar-refractivity contribution >= 4 is 49.1 Å². The van der Waals surface area contributed by atoms with E-state index < -0.39 is 5.91 Å². The number of hydrogen-bond donors (Lipinski definition) is 2. The van der Waals surface area contributed by atoms with Crippen LogP contribution in [0.15, 0.2) is 70.5 Å². The minimum atomic E-state index is -0.400. The zero-order chi connectivity index (χ0) is 18.1. The van der Waals surface area contributed by atoms with Crippen LogP contribution in [-0.4, -0.2) is 16.0 Å². The Morgan fingerprint density at radius 2 is 1.88 bits per heavy atom. The maximum atomic E-state index is 12.4. The van der Waals surface area contributed by atoms with E-state index in [-0.39, 0.29) is 11.3 Å². The van der Waals surface area contributed by atoms with Gasteiger partial charge in [0.1, 0.15) is 5.75 Å². The number of halogens is 1. The van der Waals surface area contributed by atoms with Gasteiger partial charge in [-0.3, -0.25) is 10.1 Å². The fraction of sp³-hybridized carbons (Fsp3) is 0. The van der Waals surface area contributed by atoms with E-state index in [4.69, 9.17) is 0 Å². The predicted octanol–water partition coefficient (Wildman–Crippen LogP) is 5.68. The number of rotatable bonds is 3. The molecular weight excluding hydrogens is 412 g/mol. The topological polar surface area (TPSA) is 62.2 Å². The molecule has 6 heteroatoms. The van der Waals surface area contributed by atoms with Crippen molar-refractivity contribution in [2.24, 2.45) is 0 Å². The van der Waals surface area contributed by atoms with Gasteiger partial charge >= 0.3 is 0 Å². The molecule has 128 valence electrons. The summed E-state index contributed by atoms with van der Waals surface area (Å²) in [5.41, 5.74) is 2.02. The lowest BCUT2D eigenvalue weighted by Gasteiger charge is -2.05. The highest BCUT2D eigenvalue weighted by Gasteiger charge is 2.14. The molecule has 0 atom stereocenters. The number of carbonyl (C=O) groups excluding carboxylic acids is 1. The highest BCUT2D eigenvalue weighted by atomic mass is 79.9. The van der Waals surface area contributed by atoms with Crippen molar-refractivity contribution in [2.45, 2.75) is 0 Å². The van der Waals surface area contributed by atoms with Crippen LogP contribution in [0.3, 0.4) is 0 Å². The molecule has 4 aromatic rings. The lowest BCUT2D eigenvalue weighted by molar-refractivity contribution is 0.102. The number of hydrogen-bond acceptors (Lipinski definition) is 4. The van der Waals surface area contributed by atoms with E-state index in [0.29, 0.717) is 5.13 Å². The summed E-state index contributed by atoms with van der Waals surface area (Å²) in [5.74, 6) is -0.473. The van der Waals surface area contributed by atoms with E-state index in [1.54, 1.807) is 12.1 Å². The summed E-state index contributed by atoms with van der Waals surface area (Å²) in [6.07, 6.45) is 0. The van der Waals surface area contributed by atoms with Gasteiger partial charge in [0.2, 0.25) is 0 Å². The van der Waals surface area contributed by atoms with E-state index in [1.807, 2.05) is 29.6 Å². The Morgan fingerprint density at radius 1 is 1.08 bits per heavy atom. The first-order valence-corrected chi connectivity index (χ1v) is 9.52. The number of amides is 1. The standard InChI is InChI=1S/C20H13BrN2O2S/c21-13-8-9-18(24)16(10-13)19(25)23-20-22-17(11-26-20)15-7-3-5-12-4-1-2-6-14(12)15/h1-11,24H,(H,22,23,25). The summed E-state index contributed by atoms with van der Waals surface area (Å²) in [4.78, 5) is 17.0. The SMILES string of the molecule is O=C(Nc1nc(-c2cccc3ccccc23)cs1)c1cc(Br)ccc1O. The van der Waals surface area contributed by atoms with Crippen LogP contribution in [0.4, 0.5) is 5.13 Å². The lowest BCUT2D eigenvalue weighted by atomic mass is 10.0. The lowest BCUT2D eigenvalue weighted by Crippen LogP contribution is -2.11. The van der Waals surface area contributed by atoms with Gasteiger partial charge in [0, 0.05) is 15.4 Å². The number of phenolic OH excluding ortho intramolecular Hbond substituents is 1. The number of anilines is 1. The molecular formula is C20H13BrN2O2S. The fourth-order valence-electron chi connectivity index (χ4n) is 2.76. The average Bonchev–Trinajstić information content (AvgIpc) is 3.11. The van der Waals surface area contributed by atoms with Crippen molar-refractivity contribution in [1.82, 2.24) is 4.98 Å². The molecule has 0 bridgehead atoms. The van der Waals surface area contributed by atoms with Gasteiger partial charge in [0.25, 0.3) is 5.91 Å². The summed E-state index contributed by atoms with van der Waals surface area (Å²) in [5, 5.41) is 17.3. The summed E-state index contributed by atoms with van der Waals surface area (Å²) in [6, 6.07) is 18.9. The van der Waals surface area contributed by atoms with Crippen molar-refractivity contribution in [1.29, 1.82) is 0 Å². The van der Waals surface area contributed by atoms with Crippen LogP contribution < -0.4 is 5.32 Å². The number of aromatic nitrogens is 1. The smallest absolute Gasteiger partial charge is 0.261 e. The number of benzene rings is 3. The number of aromatic hydroxyl groups is 1. The van der Waals surface area contributed by atoms with Gasteiger partial charge in [-0.05, 0) is 29.0 Å². The first-order valence-electron chi connectivity index (χ1n) is 7.85. The summed E-state index contributed by atoms with van der Waals surface area (Å²) in [7, 11) is 0. The largest absolute Gasteiger partial charge is 0.507 e. The van der Waals surface area contributed by atoms with E-state index in [1.165, 1.54) is 17.4 Å². The van der Waals surface area contributed by atoms with E-state index in [0.717, 1.165) is 26.5 Å². The molecule has 0 aliphatic carbocycles. The van der Waals surface area contributed by atoms with Gasteiger partial charge in [0.05, 0.1) is 11.3 Å². The third kappa shape index (κ3) is 3.21. The first kappa shape index (κ1) is 16.8. The second-order valence-corrected chi connectivity index (χ2v) is 7.45.